The van der Waals surface area contributed by atoms with Crippen molar-refractivity contribution in [2.75, 3.05) is 22.6 Å². The van der Waals surface area contributed by atoms with E-state index in [2.05, 4.69) is 10.3 Å². The molecule has 0 bridgehead atoms. The van der Waals surface area contributed by atoms with Gasteiger partial charge in [0.05, 0.1) is 28.3 Å². The Morgan fingerprint density at radius 1 is 1.61 bits per heavy atom. The van der Waals surface area contributed by atoms with Crippen LogP contribution >= 0.6 is 0 Å². The highest BCUT2D eigenvalue weighted by Crippen LogP contribution is 2.29. The third-order valence-electron chi connectivity index (χ3n) is 3.03. The first-order chi connectivity index (χ1) is 8.35. The third-order valence-corrected chi connectivity index (χ3v) is 4.94. The average Bonchev–Trinajstić information content (AvgIpc) is 2.56. The molecule has 1 aliphatic heterocycles. The van der Waals surface area contributed by atoms with Crippen molar-refractivity contribution in [2.45, 2.75) is 18.9 Å². The van der Waals surface area contributed by atoms with E-state index < -0.39 is 15.4 Å². The van der Waals surface area contributed by atoms with Crippen LogP contribution in [0.4, 0.5) is 11.5 Å². The summed E-state index contributed by atoms with van der Waals surface area (Å²) in [6.07, 6.45) is 1.98. The third kappa shape index (κ3) is 2.38. The Labute approximate surface area is 106 Å². The van der Waals surface area contributed by atoms with E-state index in [-0.39, 0.29) is 17.2 Å². The number of nitrogens with two attached hydrogens (primary N) is 1. The summed E-state index contributed by atoms with van der Waals surface area (Å²) in [6, 6.07) is 3.49. The maximum Gasteiger partial charge on any atom is 0.152 e. The second kappa shape index (κ2) is 4.14. The second-order valence-corrected chi connectivity index (χ2v) is 6.94. The van der Waals surface area contributed by atoms with Gasteiger partial charge in [0.2, 0.25) is 0 Å². The Bertz CT molecular complexity index is 620. The number of nitrogens with zero attached hydrogens (tertiary/aromatic N) is 2. The normalized spacial score (nSPS) is 25.6. The van der Waals surface area contributed by atoms with Crippen molar-refractivity contribution >= 4 is 21.3 Å². The van der Waals surface area contributed by atoms with Gasteiger partial charge in [-0.1, -0.05) is 0 Å². The van der Waals surface area contributed by atoms with E-state index in [0.29, 0.717) is 17.8 Å². The number of aromatic nitrogens is 1. The number of anilines is 2. The first-order valence-electron chi connectivity index (χ1n) is 5.48. The standard InChI is InChI=1S/C11H14N4O2S/c1-11(3-5-18(16,17)7-11)15-10-9(13)8(6-12)2-4-14-10/h2,4H,3,5,7,13H2,1H3,(H,14,15). The van der Waals surface area contributed by atoms with Gasteiger partial charge in [-0.25, -0.2) is 13.4 Å². The Hall–Kier alpha value is -1.81. The summed E-state index contributed by atoms with van der Waals surface area (Å²) in [6.45, 7) is 1.82. The van der Waals surface area contributed by atoms with E-state index >= 15 is 0 Å². The number of pyridine rings is 1. The van der Waals surface area contributed by atoms with Crippen molar-refractivity contribution in [3.8, 4) is 6.07 Å². The summed E-state index contributed by atoms with van der Waals surface area (Å²) in [5, 5.41) is 11.9. The molecule has 1 unspecified atom stereocenters. The highest BCUT2D eigenvalue weighted by molar-refractivity contribution is 7.91. The van der Waals surface area contributed by atoms with Gasteiger partial charge in [-0.05, 0) is 19.4 Å². The van der Waals surface area contributed by atoms with Crippen molar-refractivity contribution in [3.63, 3.8) is 0 Å². The fourth-order valence-corrected chi connectivity index (χ4v) is 4.16. The highest BCUT2D eigenvalue weighted by Gasteiger charge is 2.38. The summed E-state index contributed by atoms with van der Waals surface area (Å²) in [5.74, 6) is 0.584. The fraction of sp³-hybridized carbons (Fsp3) is 0.455. The zero-order valence-corrected chi connectivity index (χ0v) is 10.8. The first-order valence-corrected chi connectivity index (χ1v) is 7.31. The van der Waals surface area contributed by atoms with Crippen molar-refractivity contribution in [1.29, 1.82) is 5.26 Å². The fourth-order valence-electron chi connectivity index (χ4n) is 2.07. The summed E-state index contributed by atoms with van der Waals surface area (Å²) < 4.78 is 23.0. The molecule has 0 radical (unpaired) electrons. The highest BCUT2D eigenvalue weighted by atomic mass is 32.2. The monoisotopic (exact) mass is 266 g/mol. The first kappa shape index (κ1) is 12.6. The summed E-state index contributed by atoms with van der Waals surface area (Å²) in [5.41, 5.74) is 5.81. The van der Waals surface area contributed by atoms with Crippen LogP contribution < -0.4 is 11.1 Å². The van der Waals surface area contributed by atoms with Crippen LogP contribution in [0.15, 0.2) is 12.3 Å². The van der Waals surface area contributed by atoms with Crippen molar-refractivity contribution in [2.24, 2.45) is 0 Å². The molecule has 1 saturated heterocycles. The number of nitriles is 1. The van der Waals surface area contributed by atoms with Gasteiger partial charge in [-0.3, -0.25) is 0 Å². The number of nitrogen functional groups attached to an aromatic ring is 1. The molecule has 2 heterocycles. The van der Waals surface area contributed by atoms with Crippen molar-refractivity contribution in [1.82, 2.24) is 4.98 Å². The minimum Gasteiger partial charge on any atom is -0.395 e. The number of hydrogen-bond donors (Lipinski definition) is 2. The molecule has 1 atom stereocenters. The van der Waals surface area contributed by atoms with Gasteiger partial charge in [-0.15, -0.1) is 0 Å². The second-order valence-electron chi connectivity index (χ2n) is 4.76. The summed E-state index contributed by atoms with van der Waals surface area (Å²) >= 11 is 0. The molecule has 6 nitrogen and oxygen atoms in total. The zero-order chi connectivity index (χ0) is 13.4. The van der Waals surface area contributed by atoms with Gasteiger partial charge in [0.1, 0.15) is 6.07 Å². The molecule has 1 fully saturated rings. The molecule has 0 amide bonds. The zero-order valence-electron chi connectivity index (χ0n) is 9.97. The Balaban J connectivity index is 2.29. The lowest BCUT2D eigenvalue weighted by molar-refractivity contribution is 0.572. The van der Waals surface area contributed by atoms with Crippen LogP contribution in [0, 0.1) is 11.3 Å². The number of hydrogen-bond acceptors (Lipinski definition) is 6. The Morgan fingerprint density at radius 2 is 2.33 bits per heavy atom. The quantitative estimate of drug-likeness (QED) is 0.808. The molecule has 1 aromatic heterocycles. The molecular weight excluding hydrogens is 252 g/mol. The largest absolute Gasteiger partial charge is 0.395 e. The maximum atomic E-state index is 11.5. The smallest absolute Gasteiger partial charge is 0.152 e. The molecule has 7 heteroatoms. The SMILES string of the molecule is CC1(Nc2nccc(C#N)c2N)CCS(=O)(=O)C1. The van der Waals surface area contributed by atoms with Gasteiger partial charge in [0, 0.05) is 6.20 Å². The predicted octanol–water partition coefficient (Wildman–Crippen LogP) is 0.525. The lowest BCUT2D eigenvalue weighted by Gasteiger charge is -2.25. The minimum absolute atomic E-state index is 0.0535. The van der Waals surface area contributed by atoms with Crippen molar-refractivity contribution in [3.05, 3.63) is 17.8 Å². The predicted molar refractivity (Wildman–Crippen MR) is 68.7 cm³/mol. The van der Waals surface area contributed by atoms with Gasteiger partial charge in [0.25, 0.3) is 0 Å². The molecule has 0 aliphatic carbocycles. The summed E-state index contributed by atoms with van der Waals surface area (Å²) in [7, 11) is -3.00. The number of rotatable bonds is 2. The van der Waals surface area contributed by atoms with E-state index in [1.165, 1.54) is 12.3 Å². The van der Waals surface area contributed by atoms with Crippen LogP contribution in [0.1, 0.15) is 18.9 Å². The number of nitrogens with one attached hydrogen (secondary N) is 1. The van der Waals surface area contributed by atoms with Crippen LogP contribution in [-0.2, 0) is 9.84 Å². The molecule has 18 heavy (non-hydrogen) atoms. The van der Waals surface area contributed by atoms with Gasteiger partial charge < -0.3 is 11.1 Å². The number of sulfone groups is 1. The molecule has 1 aromatic rings. The van der Waals surface area contributed by atoms with E-state index in [1.54, 1.807) is 0 Å². The van der Waals surface area contributed by atoms with Crippen LogP contribution in [0.3, 0.4) is 0 Å². The van der Waals surface area contributed by atoms with Gasteiger partial charge in [0.15, 0.2) is 15.7 Å². The van der Waals surface area contributed by atoms with Crippen LogP contribution in [0.5, 0.6) is 0 Å². The van der Waals surface area contributed by atoms with E-state index in [4.69, 9.17) is 11.0 Å². The minimum atomic E-state index is -3.00. The maximum absolute atomic E-state index is 11.5. The van der Waals surface area contributed by atoms with E-state index in [1.807, 2.05) is 13.0 Å². The molecule has 96 valence electrons. The molecule has 0 aromatic carbocycles. The Kier molecular flexibility index (Phi) is 2.91. The topological polar surface area (TPSA) is 109 Å². The molecule has 2 rings (SSSR count). The molecular formula is C11H14N4O2S. The van der Waals surface area contributed by atoms with Crippen LogP contribution in [0.2, 0.25) is 0 Å². The van der Waals surface area contributed by atoms with Gasteiger partial charge >= 0.3 is 0 Å². The Morgan fingerprint density at radius 3 is 2.89 bits per heavy atom. The van der Waals surface area contributed by atoms with E-state index in [0.717, 1.165) is 0 Å². The van der Waals surface area contributed by atoms with Gasteiger partial charge in [-0.2, -0.15) is 5.26 Å². The summed E-state index contributed by atoms with van der Waals surface area (Å²) in [4.78, 5) is 4.06. The molecule has 1 aliphatic rings. The van der Waals surface area contributed by atoms with Crippen LogP contribution in [-0.4, -0.2) is 30.4 Å². The lowest BCUT2D eigenvalue weighted by atomic mass is 10.0. The van der Waals surface area contributed by atoms with Crippen molar-refractivity contribution < 1.29 is 8.42 Å². The lowest BCUT2D eigenvalue weighted by Crippen LogP contribution is -2.36. The van der Waals surface area contributed by atoms with Crippen LogP contribution in [0.25, 0.3) is 0 Å². The molecule has 0 spiro atoms. The average molecular weight is 266 g/mol. The molecule has 3 N–H and O–H groups in total. The molecule has 0 saturated carbocycles. The van der Waals surface area contributed by atoms with E-state index in [9.17, 15) is 8.42 Å².